The van der Waals surface area contributed by atoms with E-state index in [1.165, 1.54) is 10.7 Å². The average molecular weight is 422 g/mol. The molecule has 3 aromatic rings. The first-order valence-corrected chi connectivity index (χ1v) is 8.48. The normalized spacial score (nSPS) is 11.1. The van der Waals surface area contributed by atoms with Crippen molar-refractivity contribution in [1.29, 1.82) is 5.26 Å². The van der Waals surface area contributed by atoms with Crippen molar-refractivity contribution >= 4 is 26.8 Å². The van der Waals surface area contributed by atoms with E-state index in [1.807, 2.05) is 6.07 Å². The Bertz CT molecular complexity index is 1070. The smallest absolute Gasteiger partial charge is 0.387 e. The third-order valence-electron chi connectivity index (χ3n) is 4.07. The van der Waals surface area contributed by atoms with Crippen LogP contribution in [0.2, 0.25) is 0 Å². The van der Waals surface area contributed by atoms with E-state index in [0.717, 1.165) is 4.47 Å². The highest BCUT2D eigenvalue weighted by Gasteiger charge is 2.16. The van der Waals surface area contributed by atoms with Crippen molar-refractivity contribution in [2.24, 2.45) is 7.05 Å². The van der Waals surface area contributed by atoms with Crippen molar-refractivity contribution in [2.75, 3.05) is 0 Å². The Labute approximate surface area is 156 Å². The number of hydrogen-bond donors (Lipinski definition) is 0. The van der Waals surface area contributed by atoms with Gasteiger partial charge in [0.1, 0.15) is 5.75 Å². The number of halogens is 3. The fourth-order valence-corrected chi connectivity index (χ4v) is 3.21. The van der Waals surface area contributed by atoms with Gasteiger partial charge in [-0.15, -0.1) is 0 Å². The molecule has 26 heavy (non-hydrogen) atoms. The Morgan fingerprint density at radius 1 is 1.27 bits per heavy atom. The van der Waals surface area contributed by atoms with Gasteiger partial charge in [0, 0.05) is 17.1 Å². The van der Waals surface area contributed by atoms with Gasteiger partial charge >= 0.3 is 6.61 Å². The van der Waals surface area contributed by atoms with Crippen LogP contribution in [0.1, 0.15) is 11.1 Å². The Hall–Kier alpha value is -2.66. The number of alkyl halides is 2. The summed E-state index contributed by atoms with van der Waals surface area (Å²) in [6, 6.07) is 12.0. The zero-order valence-electron chi connectivity index (χ0n) is 13.7. The standard InChI is InChI=1S/C18H14BrF2N3O2/c1-23-17(25)14-4-3-13(19)9-15(14)24(23)10-12-8-11(6-7-22)2-5-16(12)26-18(20)21/h2-5,8-9,18H,6,10H2,1H3. The molecule has 1 aromatic heterocycles. The fourth-order valence-electron chi connectivity index (χ4n) is 2.87. The molecule has 0 atom stereocenters. The van der Waals surface area contributed by atoms with E-state index in [1.54, 1.807) is 42.1 Å². The molecule has 0 radical (unpaired) electrons. The van der Waals surface area contributed by atoms with Crippen LogP contribution in [0.5, 0.6) is 5.75 Å². The maximum Gasteiger partial charge on any atom is 0.387 e. The third kappa shape index (κ3) is 3.48. The molecular formula is C18H14BrF2N3O2. The van der Waals surface area contributed by atoms with E-state index in [0.29, 0.717) is 22.0 Å². The van der Waals surface area contributed by atoms with E-state index < -0.39 is 6.61 Å². The summed E-state index contributed by atoms with van der Waals surface area (Å²) >= 11 is 3.38. The number of hydrogen-bond acceptors (Lipinski definition) is 3. The Balaban J connectivity index is 2.13. The van der Waals surface area contributed by atoms with Crippen molar-refractivity contribution in [3.05, 3.63) is 62.4 Å². The van der Waals surface area contributed by atoms with Gasteiger partial charge in [-0.25, -0.2) is 0 Å². The van der Waals surface area contributed by atoms with E-state index >= 15 is 0 Å². The largest absolute Gasteiger partial charge is 0.434 e. The molecule has 3 rings (SSSR count). The average Bonchev–Trinajstić information content (AvgIpc) is 2.81. The van der Waals surface area contributed by atoms with E-state index in [4.69, 9.17) is 5.26 Å². The predicted octanol–water partition coefficient (Wildman–Crippen LogP) is 3.82. The van der Waals surface area contributed by atoms with Crippen LogP contribution < -0.4 is 10.3 Å². The third-order valence-corrected chi connectivity index (χ3v) is 4.56. The zero-order chi connectivity index (χ0) is 18.8. The van der Waals surface area contributed by atoms with Gasteiger partial charge < -0.3 is 4.74 Å². The summed E-state index contributed by atoms with van der Waals surface area (Å²) in [5, 5.41) is 9.41. The van der Waals surface area contributed by atoms with Crippen molar-refractivity contribution in [3.8, 4) is 11.8 Å². The van der Waals surface area contributed by atoms with Crippen LogP contribution in [0.25, 0.3) is 10.9 Å². The van der Waals surface area contributed by atoms with Crippen molar-refractivity contribution in [2.45, 2.75) is 19.6 Å². The highest BCUT2D eigenvalue weighted by molar-refractivity contribution is 9.10. The second-order valence-corrected chi connectivity index (χ2v) is 6.62. The minimum Gasteiger partial charge on any atom is -0.434 e. The quantitative estimate of drug-likeness (QED) is 0.628. The molecule has 1 heterocycles. The Kier molecular flexibility index (Phi) is 5.09. The monoisotopic (exact) mass is 421 g/mol. The molecule has 8 heteroatoms. The first-order valence-electron chi connectivity index (χ1n) is 7.69. The van der Waals surface area contributed by atoms with Gasteiger partial charge in [0.05, 0.1) is 29.9 Å². The molecular weight excluding hydrogens is 408 g/mol. The van der Waals surface area contributed by atoms with Crippen LogP contribution in [0.15, 0.2) is 45.7 Å². The second kappa shape index (κ2) is 7.30. The molecule has 0 amide bonds. The van der Waals surface area contributed by atoms with Gasteiger partial charge in [0.15, 0.2) is 0 Å². The van der Waals surface area contributed by atoms with Crippen molar-refractivity contribution < 1.29 is 13.5 Å². The highest BCUT2D eigenvalue weighted by Crippen LogP contribution is 2.25. The van der Waals surface area contributed by atoms with Gasteiger partial charge in [0.2, 0.25) is 0 Å². The maximum atomic E-state index is 12.7. The molecule has 0 aliphatic rings. The molecule has 0 spiro atoms. The lowest BCUT2D eigenvalue weighted by molar-refractivity contribution is -0.0505. The lowest BCUT2D eigenvalue weighted by Crippen LogP contribution is -2.20. The predicted molar refractivity (Wildman–Crippen MR) is 96.4 cm³/mol. The van der Waals surface area contributed by atoms with Gasteiger partial charge in [-0.1, -0.05) is 22.0 Å². The fraction of sp³-hybridized carbons (Fsp3) is 0.222. The van der Waals surface area contributed by atoms with Crippen molar-refractivity contribution in [1.82, 2.24) is 9.36 Å². The molecule has 0 saturated heterocycles. The van der Waals surface area contributed by atoms with Crippen LogP contribution in [0.4, 0.5) is 8.78 Å². The molecule has 0 fully saturated rings. The first kappa shape index (κ1) is 18.1. The Morgan fingerprint density at radius 2 is 2.04 bits per heavy atom. The summed E-state index contributed by atoms with van der Waals surface area (Å²) in [7, 11) is 1.61. The molecule has 0 aliphatic carbocycles. The van der Waals surface area contributed by atoms with Crippen LogP contribution in [-0.4, -0.2) is 16.0 Å². The lowest BCUT2D eigenvalue weighted by Gasteiger charge is -2.15. The molecule has 134 valence electrons. The second-order valence-electron chi connectivity index (χ2n) is 5.70. The van der Waals surface area contributed by atoms with Crippen LogP contribution in [0, 0.1) is 11.3 Å². The number of fused-ring (bicyclic) bond motifs is 1. The minimum atomic E-state index is -2.96. The summed E-state index contributed by atoms with van der Waals surface area (Å²) in [4.78, 5) is 12.4. The summed E-state index contributed by atoms with van der Waals surface area (Å²) in [6.45, 7) is -2.82. The lowest BCUT2D eigenvalue weighted by atomic mass is 10.1. The minimum absolute atomic E-state index is 0.0194. The summed E-state index contributed by atoms with van der Waals surface area (Å²) < 4.78 is 34.0. The highest BCUT2D eigenvalue weighted by atomic mass is 79.9. The van der Waals surface area contributed by atoms with E-state index in [-0.39, 0.29) is 24.3 Å². The summed E-state index contributed by atoms with van der Waals surface area (Å²) in [5.74, 6) is 0.0194. The molecule has 5 nitrogen and oxygen atoms in total. The van der Waals surface area contributed by atoms with Gasteiger partial charge in [-0.2, -0.15) is 14.0 Å². The number of nitriles is 1. The van der Waals surface area contributed by atoms with Crippen LogP contribution >= 0.6 is 15.9 Å². The molecule has 0 aliphatic heterocycles. The summed E-state index contributed by atoms with van der Waals surface area (Å²) in [6.07, 6.45) is 0.152. The maximum absolute atomic E-state index is 12.7. The first-order chi connectivity index (χ1) is 12.4. The molecule has 0 saturated carbocycles. The molecule has 0 N–H and O–H groups in total. The van der Waals surface area contributed by atoms with Crippen molar-refractivity contribution in [3.63, 3.8) is 0 Å². The van der Waals surface area contributed by atoms with Gasteiger partial charge in [-0.05, 0) is 35.9 Å². The SMILES string of the molecule is Cn1c(=O)c2ccc(Br)cc2n1Cc1cc(CC#N)ccc1OC(F)F. The summed E-state index contributed by atoms with van der Waals surface area (Å²) in [5.41, 5.74) is 1.63. The van der Waals surface area contributed by atoms with Crippen LogP contribution in [-0.2, 0) is 20.0 Å². The molecule has 2 aromatic carbocycles. The molecule has 0 unspecified atom stereocenters. The Morgan fingerprint density at radius 3 is 2.73 bits per heavy atom. The number of benzene rings is 2. The number of ether oxygens (including phenoxy) is 1. The molecule has 0 bridgehead atoms. The van der Waals surface area contributed by atoms with E-state index in [2.05, 4.69) is 20.7 Å². The number of aromatic nitrogens is 2. The number of nitrogens with zero attached hydrogens (tertiary/aromatic N) is 3. The van der Waals surface area contributed by atoms with Gasteiger partial charge in [-0.3, -0.25) is 14.2 Å². The van der Waals surface area contributed by atoms with Crippen LogP contribution in [0.3, 0.4) is 0 Å². The number of rotatable bonds is 5. The topological polar surface area (TPSA) is 60.0 Å². The zero-order valence-corrected chi connectivity index (χ0v) is 15.3. The van der Waals surface area contributed by atoms with E-state index in [9.17, 15) is 13.6 Å². The van der Waals surface area contributed by atoms with Gasteiger partial charge in [0.25, 0.3) is 5.56 Å².